The Morgan fingerprint density at radius 1 is 1.14 bits per heavy atom. The van der Waals surface area contributed by atoms with Crippen molar-refractivity contribution in [1.29, 1.82) is 0 Å². The van der Waals surface area contributed by atoms with Crippen LogP contribution in [0.15, 0.2) is 76.7 Å². The summed E-state index contributed by atoms with van der Waals surface area (Å²) in [5.41, 5.74) is 1.89. The first kappa shape index (κ1) is 23.0. The number of halogens is 2. The van der Waals surface area contributed by atoms with Gasteiger partial charge in [0.25, 0.3) is 5.91 Å². The fourth-order valence-electron chi connectivity index (χ4n) is 4.29. The van der Waals surface area contributed by atoms with Crippen LogP contribution in [0.3, 0.4) is 0 Å². The molecule has 2 aromatic heterocycles. The summed E-state index contributed by atoms with van der Waals surface area (Å²) < 4.78 is 11.2. The number of amides is 1. The number of Topliss-reactive ketones (excluding diaryl/α,β-unsaturated/α-hetero) is 1. The number of fused-ring (bicyclic) bond motifs is 1. The number of hydrogen-bond donors (Lipinski definition) is 1. The van der Waals surface area contributed by atoms with Gasteiger partial charge in [0.15, 0.2) is 22.9 Å². The van der Waals surface area contributed by atoms with Gasteiger partial charge in [-0.15, -0.1) is 0 Å². The number of carbonyl (C=O) groups excluding carboxylic acids is 2. The number of aliphatic hydroxyl groups excluding tert-OH is 1. The molecule has 3 heterocycles. The number of carbonyl (C=O) groups is 2. The number of pyridine rings is 1. The molecule has 1 N–H and O–H groups in total. The van der Waals surface area contributed by atoms with E-state index in [4.69, 9.17) is 32.4 Å². The van der Waals surface area contributed by atoms with Gasteiger partial charge in [0.2, 0.25) is 5.78 Å². The van der Waals surface area contributed by atoms with Crippen LogP contribution in [0.1, 0.15) is 27.7 Å². The Labute approximate surface area is 210 Å². The van der Waals surface area contributed by atoms with Crippen LogP contribution in [-0.2, 0) is 4.79 Å². The molecule has 0 bridgehead atoms. The standard InChI is InChI=1S/C26H18Cl2N2O5/c1-13-17(28)4-3-5-18(13)30-22(14-6-8-29-9-7-14)21(24(32)26(30)33)23(31)19-11-15-10-16(27)12-20(34-2)25(15)35-19/h3-12,22,32H,1-2H3. The van der Waals surface area contributed by atoms with E-state index in [1.807, 2.05) is 0 Å². The lowest BCUT2D eigenvalue weighted by Gasteiger charge is -2.28. The van der Waals surface area contributed by atoms with Crippen molar-refractivity contribution in [3.05, 3.63) is 99.2 Å². The van der Waals surface area contributed by atoms with Crippen molar-refractivity contribution in [3.63, 3.8) is 0 Å². The highest BCUT2D eigenvalue weighted by Crippen LogP contribution is 2.44. The molecule has 1 aliphatic heterocycles. The van der Waals surface area contributed by atoms with Crippen molar-refractivity contribution in [2.24, 2.45) is 0 Å². The summed E-state index contributed by atoms with van der Waals surface area (Å²) in [4.78, 5) is 32.5. The smallest absolute Gasteiger partial charge is 0.294 e. The zero-order valence-corrected chi connectivity index (χ0v) is 20.1. The first-order valence-corrected chi connectivity index (χ1v) is 11.3. The average Bonchev–Trinajstić information content (AvgIpc) is 3.39. The van der Waals surface area contributed by atoms with E-state index in [1.165, 1.54) is 18.1 Å². The SMILES string of the molecule is COc1cc(Cl)cc2cc(C(=O)C3=C(O)C(=O)N(c4cccc(Cl)c4C)C3c3ccncc3)oc12. The van der Waals surface area contributed by atoms with E-state index in [0.717, 1.165) is 0 Å². The number of aromatic nitrogens is 1. The molecular weight excluding hydrogens is 491 g/mol. The number of anilines is 1. The molecule has 0 saturated heterocycles. The summed E-state index contributed by atoms with van der Waals surface area (Å²) in [6.07, 6.45) is 3.10. The first-order valence-electron chi connectivity index (χ1n) is 10.5. The van der Waals surface area contributed by atoms with Crippen molar-refractivity contribution in [2.75, 3.05) is 12.0 Å². The number of hydrogen-bond acceptors (Lipinski definition) is 6. The third kappa shape index (κ3) is 3.73. The Kier molecular flexibility index (Phi) is 5.75. The van der Waals surface area contributed by atoms with E-state index in [1.54, 1.807) is 61.8 Å². The number of ether oxygens (including phenoxy) is 1. The monoisotopic (exact) mass is 508 g/mol. The minimum Gasteiger partial charge on any atom is -0.503 e. The Hall–Kier alpha value is -3.81. The molecule has 4 aromatic rings. The van der Waals surface area contributed by atoms with Gasteiger partial charge in [-0.3, -0.25) is 19.5 Å². The number of aliphatic hydroxyl groups is 1. The summed E-state index contributed by atoms with van der Waals surface area (Å²) in [5.74, 6) is -1.75. The van der Waals surface area contributed by atoms with Crippen LogP contribution in [0.25, 0.3) is 11.0 Å². The third-order valence-electron chi connectivity index (χ3n) is 5.96. The second-order valence-corrected chi connectivity index (χ2v) is 8.81. The first-order chi connectivity index (χ1) is 16.8. The zero-order valence-electron chi connectivity index (χ0n) is 18.6. The summed E-state index contributed by atoms with van der Waals surface area (Å²) in [6, 6.07) is 12.2. The van der Waals surface area contributed by atoms with Gasteiger partial charge < -0.3 is 14.3 Å². The second kappa shape index (κ2) is 8.76. The van der Waals surface area contributed by atoms with E-state index in [2.05, 4.69) is 4.98 Å². The lowest BCUT2D eigenvalue weighted by molar-refractivity contribution is -0.117. The minimum atomic E-state index is -0.936. The van der Waals surface area contributed by atoms with Crippen molar-refractivity contribution in [2.45, 2.75) is 13.0 Å². The molecule has 35 heavy (non-hydrogen) atoms. The average molecular weight is 509 g/mol. The number of rotatable bonds is 5. The maximum absolute atomic E-state index is 13.8. The van der Waals surface area contributed by atoms with Gasteiger partial charge in [0.1, 0.15) is 0 Å². The number of furan rings is 1. The van der Waals surface area contributed by atoms with Crippen LogP contribution in [0.2, 0.25) is 10.0 Å². The van der Waals surface area contributed by atoms with Gasteiger partial charge in [-0.25, -0.2) is 0 Å². The number of ketones is 1. The molecule has 2 aromatic carbocycles. The molecular formula is C26H18Cl2N2O5. The Balaban J connectivity index is 1.68. The Morgan fingerprint density at radius 3 is 2.60 bits per heavy atom. The van der Waals surface area contributed by atoms with Gasteiger partial charge in [-0.05, 0) is 54.4 Å². The van der Waals surface area contributed by atoms with Crippen LogP contribution in [0.4, 0.5) is 5.69 Å². The molecule has 1 atom stereocenters. The van der Waals surface area contributed by atoms with E-state index in [-0.39, 0.29) is 11.3 Å². The fourth-order valence-corrected chi connectivity index (χ4v) is 4.67. The molecule has 7 nitrogen and oxygen atoms in total. The highest BCUT2D eigenvalue weighted by molar-refractivity contribution is 6.32. The second-order valence-electron chi connectivity index (χ2n) is 7.97. The van der Waals surface area contributed by atoms with Gasteiger partial charge in [0, 0.05) is 39.6 Å². The molecule has 0 radical (unpaired) electrons. The van der Waals surface area contributed by atoms with Crippen LogP contribution in [0.5, 0.6) is 5.75 Å². The highest BCUT2D eigenvalue weighted by atomic mass is 35.5. The van der Waals surface area contributed by atoms with E-state index in [9.17, 15) is 14.7 Å². The number of methoxy groups -OCH3 is 1. The van der Waals surface area contributed by atoms with Crippen LogP contribution < -0.4 is 9.64 Å². The fraction of sp³-hybridized carbons (Fsp3) is 0.115. The summed E-state index contributed by atoms with van der Waals surface area (Å²) in [5, 5.41) is 12.4. The lowest BCUT2D eigenvalue weighted by Crippen LogP contribution is -2.31. The molecule has 1 unspecified atom stereocenters. The van der Waals surface area contributed by atoms with E-state index < -0.39 is 23.5 Å². The molecule has 9 heteroatoms. The highest BCUT2D eigenvalue weighted by Gasteiger charge is 2.46. The van der Waals surface area contributed by atoms with Crippen molar-refractivity contribution >= 4 is 51.5 Å². The van der Waals surface area contributed by atoms with E-state index in [0.29, 0.717) is 43.6 Å². The molecule has 1 aliphatic rings. The Morgan fingerprint density at radius 2 is 1.89 bits per heavy atom. The molecule has 1 amide bonds. The predicted octanol–water partition coefficient (Wildman–Crippen LogP) is 6.23. The third-order valence-corrected chi connectivity index (χ3v) is 6.59. The lowest BCUT2D eigenvalue weighted by atomic mass is 9.95. The minimum absolute atomic E-state index is 0.0707. The van der Waals surface area contributed by atoms with Crippen LogP contribution in [-0.4, -0.2) is 28.9 Å². The van der Waals surface area contributed by atoms with E-state index >= 15 is 0 Å². The summed E-state index contributed by atoms with van der Waals surface area (Å²) in [6.45, 7) is 1.76. The van der Waals surface area contributed by atoms with Gasteiger partial charge in [0.05, 0.1) is 18.7 Å². The van der Waals surface area contributed by atoms with Crippen molar-refractivity contribution in [3.8, 4) is 5.75 Å². The molecule has 176 valence electrons. The normalized spacial score (nSPS) is 15.8. The summed E-state index contributed by atoms with van der Waals surface area (Å²) >= 11 is 12.5. The topological polar surface area (TPSA) is 92.9 Å². The quantitative estimate of drug-likeness (QED) is 0.321. The van der Waals surface area contributed by atoms with Gasteiger partial charge in [-0.2, -0.15) is 0 Å². The Bertz CT molecular complexity index is 1530. The maximum Gasteiger partial charge on any atom is 0.294 e. The number of benzene rings is 2. The van der Waals surface area contributed by atoms with Crippen molar-refractivity contribution in [1.82, 2.24) is 4.98 Å². The van der Waals surface area contributed by atoms with Crippen LogP contribution in [0, 0.1) is 6.92 Å². The zero-order chi connectivity index (χ0) is 24.9. The molecule has 0 saturated carbocycles. The van der Waals surface area contributed by atoms with Gasteiger partial charge in [-0.1, -0.05) is 29.3 Å². The molecule has 5 rings (SSSR count). The molecule has 0 fully saturated rings. The molecule has 0 spiro atoms. The number of nitrogens with zero attached hydrogens (tertiary/aromatic N) is 2. The molecule has 0 aliphatic carbocycles. The van der Waals surface area contributed by atoms with Crippen LogP contribution >= 0.6 is 23.2 Å². The largest absolute Gasteiger partial charge is 0.503 e. The van der Waals surface area contributed by atoms with Gasteiger partial charge >= 0.3 is 0 Å². The van der Waals surface area contributed by atoms with Crippen molar-refractivity contribution < 1.29 is 23.8 Å². The maximum atomic E-state index is 13.8. The summed E-state index contributed by atoms with van der Waals surface area (Å²) in [7, 11) is 1.46. The predicted molar refractivity (Wildman–Crippen MR) is 132 cm³/mol.